The molecular weight excluding hydrogens is 290 g/mol. The van der Waals surface area contributed by atoms with Gasteiger partial charge in [0.05, 0.1) is 23.9 Å². The number of ether oxygens (including phenoxy) is 1. The van der Waals surface area contributed by atoms with E-state index in [1.165, 1.54) is 13.3 Å². The Balaban J connectivity index is 2.38. The highest BCUT2D eigenvalue weighted by atomic mass is 32.2. The number of sulfonamides is 1. The van der Waals surface area contributed by atoms with Gasteiger partial charge in [-0.05, 0) is 43.2 Å². The molecule has 1 aromatic heterocycles. The van der Waals surface area contributed by atoms with Gasteiger partial charge in [0.2, 0.25) is 5.88 Å². The number of nitrogens with one attached hydrogen (secondary N) is 1. The third kappa shape index (κ3) is 3.25. The summed E-state index contributed by atoms with van der Waals surface area (Å²) < 4.78 is 32.3. The van der Waals surface area contributed by atoms with E-state index in [4.69, 9.17) is 10.5 Å². The van der Waals surface area contributed by atoms with Crippen LogP contribution in [0.4, 0.5) is 11.4 Å². The predicted molar refractivity (Wildman–Crippen MR) is 81.9 cm³/mol. The highest BCUT2D eigenvalue weighted by Gasteiger charge is 2.19. The summed E-state index contributed by atoms with van der Waals surface area (Å²) in [6, 6.07) is 6.49. The van der Waals surface area contributed by atoms with Gasteiger partial charge in [0.1, 0.15) is 0 Å². The minimum Gasteiger partial charge on any atom is -0.481 e. The fourth-order valence-electron chi connectivity index (χ4n) is 1.90. The van der Waals surface area contributed by atoms with Gasteiger partial charge in [-0.3, -0.25) is 4.72 Å². The highest BCUT2D eigenvalue weighted by Crippen LogP contribution is 2.25. The molecule has 0 radical (unpaired) electrons. The first-order valence-electron chi connectivity index (χ1n) is 6.23. The molecule has 0 aliphatic rings. The largest absolute Gasteiger partial charge is 0.481 e. The lowest BCUT2D eigenvalue weighted by molar-refractivity contribution is 0.398. The van der Waals surface area contributed by atoms with Crippen LogP contribution in [0.3, 0.4) is 0 Å². The summed E-state index contributed by atoms with van der Waals surface area (Å²) >= 11 is 0. The second-order valence-corrected chi connectivity index (χ2v) is 6.32. The molecule has 0 saturated carbocycles. The Morgan fingerprint density at radius 2 is 1.95 bits per heavy atom. The highest BCUT2D eigenvalue weighted by molar-refractivity contribution is 7.92. The third-order valence-electron chi connectivity index (χ3n) is 3.03. The maximum atomic E-state index is 12.5. The second kappa shape index (κ2) is 5.61. The van der Waals surface area contributed by atoms with E-state index in [2.05, 4.69) is 9.71 Å². The van der Waals surface area contributed by atoms with Gasteiger partial charge in [-0.15, -0.1) is 0 Å². The summed E-state index contributed by atoms with van der Waals surface area (Å²) in [7, 11) is -2.23. The molecule has 2 aromatic rings. The summed E-state index contributed by atoms with van der Waals surface area (Å²) in [5, 5.41) is 0. The van der Waals surface area contributed by atoms with E-state index in [0.29, 0.717) is 22.8 Å². The number of hydrogen-bond acceptors (Lipinski definition) is 5. The molecule has 0 amide bonds. The van der Waals surface area contributed by atoms with Crippen molar-refractivity contribution in [3.05, 3.63) is 41.6 Å². The molecule has 2 rings (SSSR count). The number of pyridine rings is 1. The van der Waals surface area contributed by atoms with Crippen LogP contribution in [0.2, 0.25) is 0 Å². The first kappa shape index (κ1) is 15.1. The number of rotatable bonds is 4. The van der Waals surface area contributed by atoms with E-state index < -0.39 is 10.0 Å². The molecule has 3 N–H and O–H groups in total. The molecule has 1 heterocycles. The van der Waals surface area contributed by atoms with Gasteiger partial charge in [-0.25, -0.2) is 13.4 Å². The van der Waals surface area contributed by atoms with Crippen molar-refractivity contribution in [1.82, 2.24) is 4.98 Å². The van der Waals surface area contributed by atoms with Gasteiger partial charge in [0.25, 0.3) is 10.0 Å². The molecule has 7 heteroatoms. The average molecular weight is 307 g/mol. The van der Waals surface area contributed by atoms with Crippen LogP contribution in [-0.2, 0) is 10.0 Å². The molecule has 1 aromatic carbocycles. The molecule has 0 aliphatic heterocycles. The Morgan fingerprint density at radius 3 is 2.52 bits per heavy atom. The van der Waals surface area contributed by atoms with Gasteiger partial charge < -0.3 is 10.5 Å². The number of nitrogens with two attached hydrogens (primary N) is 1. The lowest BCUT2D eigenvalue weighted by Crippen LogP contribution is -2.15. The van der Waals surface area contributed by atoms with Crippen molar-refractivity contribution in [2.45, 2.75) is 18.7 Å². The lowest BCUT2D eigenvalue weighted by Gasteiger charge is -2.13. The van der Waals surface area contributed by atoms with E-state index >= 15 is 0 Å². The fraction of sp³-hybridized carbons (Fsp3) is 0.214. The zero-order valence-corrected chi connectivity index (χ0v) is 12.9. The van der Waals surface area contributed by atoms with Crippen LogP contribution >= 0.6 is 0 Å². The second-order valence-electron chi connectivity index (χ2n) is 4.67. The standard InChI is InChI=1S/C14H17N3O3S/c1-9-6-12(15)10(2)13(7-9)21(18,19)17-11-4-5-14(20-3)16-8-11/h4-8,17H,15H2,1-3H3. The van der Waals surface area contributed by atoms with Gasteiger partial charge in [-0.1, -0.05) is 0 Å². The van der Waals surface area contributed by atoms with Gasteiger partial charge in [-0.2, -0.15) is 0 Å². The number of nitrogens with zero attached hydrogens (tertiary/aromatic N) is 1. The molecule has 21 heavy (non-hydrogen) atoms. The molecule has 6 nitrogen and oxygen atoms in total. The van der Waals surface area contributed by atoms with Crippen LogP contribution in [-0.4, -0.2) is 20.5 Å². The Bertz CT molecular complexity index is 756. The number of hydrogen-bond donors (Lipinski definition) is 2. The number of aryl methyl sites for hydroxylation is 1. The number of methoxy groups -OCH3 is 1. The van der Waals surface area contributed by atoms with Crippen LogP contribution in [0.15, 0.2) is 35.4 Å². The van der Waals surface area contributed by atoms with Crippen molar-refractivity contribution < 1.29 is 13.2 Å². The summed E-state index contributed by atoms with van der Waals surface area (Å²) in [6.45, 7) is 3.47. The number of benzene rings is 1. The number of nitrogen functional groups attached to an aromatic ring is 1. The monoisotopic (exact) mass is 307 g/mol. The lowest BCUT2D eigenvalue weighted by atomic mass is 10.1. The molecule has 0 bridgehead atoms. The van der Waals surface area contributed by atoms with Crippen molar-refractivity contribution in [2.75, 3.05) is 17.6 Å². The molecular formula is C14H17N3O3S. The van der Waals surface area contributed by atoms with E-state index in [0.717, 1.165) is 5.56 Å². The van der Waals surface area contributed by atoms with Crippen LogP contribution < -0.4 is 15.2 Å². The predicted octanol–water partition coefficient (Wildman–Crippen LogP) is 2.09. The van der Waals surface area contributed by atoms with Gasteiger partial charge >= 0.3 is 0 Å². The average Bonchev–Trinajstić information content (AvgIpc) is 2.43. The third-order valence-corrected chi connectivity index (χ3v) is 4.54. The Morgan fingerprint density at radius 1 is 1.24 bits per heavy atom. The van der Waals surface area contributed by atoms with Crippen LogP contribution in [0.1, 0.15) is 11.1 Å². The van der Waals surface area contributed by atoms with Crippen LogP contribution in [0, 0.1) is 13.8 Å². The molecule has 0 spiro atoms. The first-order valence-corrected chi connectivity index (χ1v) is 7.71. The van der Waals surface area contributed by atoms with Crippen LogP contribution in [0.25, 0.3) is 0 Å². The van der Waals surface area contributed by atoms with E-state index in [9.17, 15) is 8.42 Å². The Kier molecular flexibility index (Phi) is 4.04. The minimum absolute atomic E-state index is 0.163. The Labute approximate surface area is 124 Å². The summed E-state index contributed by atoms with van der Waals surface area (Å²) in [6.07, 6.45) is 1.39. The number of anilines is 2. The quantitative estimate of drug-likeness (QED) is 0.843. The fourth-order valence-corrected chi connectivity index (χ4v) is 3.31. The van der Waals surface area contributed by atoms with Gasteiger partial charge in [0.15, 0.2) is 0 Å². The number of aromatic nitrogens is 1. The Hall–Kier alpha value is -2.28. The maximum absolute atomic E-state index is 12.5. The zero-order chi connectivity index (χ0) is 15.6. The normalized spacial score (nSPS) is 11.2. The van der Waals surface area contributed by atoms with Crippen molar-refractivity contribution in [2.24, 2.45) is 0 Å². The van der Waals surface area contributed by atoms with Crippen molar-refractivity contribution >= 4 is 21.4 Å². The summed E-state index contributed by atoms with van der Waals surface area (Å²) in [4.78, 5) is 4.12. The van der Waals surface area contributed by atoms with E-state index in [1.54, 1.807) is 38.1 Å². The van der Waals surface area contributed by atoms with Crippen LogP contribution in [0.5, 0.6) is 5.88 Å². The smallest absolute Gasteiger partial charge is 0.262 e. The summed E-state index contributed by atoms with van der Waals surface area (Å²) in [5.41, 5.74) is 7.94. The van der Waals surface area contributed by atoms with Crippen molar-refractivity contribution in [1.29, 1.82) is 0 Å². The summed E-state index contributed by atoms with van der Waals surface area (Å²) in [5.74, 6) is 0.411. The van der Waals surface area contributed by atoms with Gasteiger partial charge in [0, 0.05) is 11.8 Å². The molecule has 0 fully saturated rings. The van der Waals surface area contributed by atoms with Crippen molar-refractivity contribution in [3.8, 4) is 5.88 Å². The first-order chi connectivity index (χ1) is 9.83. The van der Waals surface area contributed by atoms with E-state index in [1.807, 2.05) is 0 Å². The minimum atomic E-state index is -3.72. The topological polar surface area (TPSA) is 94.3 Å². The van der Waals surface area contributed by atoms with Crippen molar-refractivity contribution in [3.63, 3.8) is 0 Å². The zero-order valence-electron chi connectivity index (χ0n) is 12.0. The molecule has 112 valence electrons. The molecule has 0 atom stereocenters. The van der Waals surface area contributed by atoms with E-state index in [-0.39, 0.29) is 4.90 Å². The molecule has 0 saturated heterocycles. The maximum Gasteiger partial charge on any atom is 0.262 e. The molecule has 0 unspecified atom stereocenters. The SMILES string of the molecule is COc1ccc(NS(=O)(=O)c2cc(C)cc(N)c2C)cn1. The molecule has 0 aliphatic carbocycles.